The maximum atomic E-state index is 13.6. The number of rotatable bonds is 5. The third-order valence-corrected chi connectivity index (χ3v) is 4.28. The molecule has 0 radical (unpaired) electrons. The van der Waals surface area contributed by atoms with Crippen LogP contribution in [0.4, 0.5) is 18.9 Å². The van der Waals surface area contributed by atoms with Crippen LogP contribution in [0.5, 0.6) is 0 Å². The fourth-order valence-corrected chi connectivity index (χ4v) is 2.81. The van der Waals surface area contributed by atoms with E-state index < -0.39 is 29.0 Å². The summed E-state index contributed by atoms with van der Waals surface area (Å²) in [5.74, 6) is -4.75. The minimum absolute atomic E-state index is 0.0133. The molecule has 2 amide bonds. The molecule has 1 aliphatic heterocycles. The van der Waals surface area contributed by atoms with Crippen LogP contribution in [-0.4, -0.2) is 55.4 Å². The van der Waals surface area contributed by atoms with Crippen LogP contribution in [0.2, 0.25) is 0 Å². The standard InChI is InChI=1S/C18H24F3N5O2/c1-10(2)17(28)26-7-6-11(9-26)24-18(22-3)23-8-14(27)25-13-5-4-12(19)15(20)16(13)21/h4-5,10-11H,6-9H2,1-3H3,(H,25,27)(H2,22,23,24). The molecule has 1 aromatic rings. The first-order valence-corrected chi connectivity index (χ1v) is 8.92. The maximum absolute atomic E-state index is 13.6. The van der Waals surface area contributed by atoms with Gasteiger partial charge in [-0.05, 0) is 18.6 Å². The largest absolute Gasteiger partial charge is 0.352 e. The fraction of sp³-hybridized carbons (Fsp3) is 0.500. The van der Waals surface area contributed by atoms with Gasteiger partial charge in [0.05, 0.1) is 12.2 Å². The number of anilines is 1. The Morgan fingerprint density at radius 3 is 2.61 bits per heavy atom. The van der Waals surface area contributed by atoms with Gasteiger partial charge >= 0.3 is 0 Å². The number of nitrogens with one attached hydrogen (secondary N) is 3. The predicted molar refractivity (Wildman–Crippen MR) is 99.3 cm³/mol. The zero-order chi connectivity index (χ0) is 20.8. The van der Waals surface area contributed by atoms with Gasteiger partial charge in [-0.3, -0.25) is 14.6 Å². The molecule has 0 spiro atoms. The van der Waals surface area contributed by atoms with E-state index in [9.17, 15) is 22.8 Å². The first-order valence-electron chi connectivity index (χ1n) is 8.92. The van der Waals surface area contributed by atoms with Gasteiger partial charge in [-0.2, -0.15) is 0 Å². The summed E-state index contributed by atoms with van der Waals surface area (Å²) in [5, 5.41) is 8.05. The number of amides is 2. The number of guanidine groups is 1. The highest BCUT2D eigenvalue weighted by molar-refractivity contribution is 5.95. The average Bonchev–Trinajstić information content (AvgIpc) is 3.13. The van der Waals surface area contributed by atoms with Gasteiger partial charge in [0.1, 0.15) is 0 Å². The molecule has 1 saturated heterocycles. The minimum Gasteiger partial charge on any atom is -0.352 e. The van der Waals surface area contributed by atoms with Crippen molar-refractivity contribution in [2.24, 2.45) is 10.9 Å². The summed E-state index contributed by atoms with van der Waals surface area (Å²) in [6.07, 6.45) is 0.741. The van der Waals surface area contributed by atoms with Crippen LogP contribution >= 0.6 is 0 Å². The molecule has 0 saturated carbocycles. The fourth-order valence-electron chi connectivity index (χ4n) is 2.81. The van der Waals surface area contributed by atoms with Crippen molar-refractivity contribution in [2.75, 3.05) is 32.0 Å². The van der Waals surface area contributed by atoms with Crippen molar-refractivity contribution in [1.29, 1.82) is 0 Å². The van der Waals surface area contributed by atoms with E-state index in [1.807, 2.05) is 13.8 Å². The number of aliphatic imine (C=N–C) groups is 1. The first kappa shape index (κ1) is 21.5. The lowest BCUT2D eigenvalue weighted by molar-refractivity contribution is -0.133. The first-order chi connectivity index (χ1) is 13.2. The molecule has 1 aliphatic rings. The molecule has 0 aliphatic carbocycles. The summed E-state index contributed by atoms with van der Waals surface area (Å²) >= 11 is 0. The molecule has 154 valence electrons. The molecule has 1 unspecified atom stereocenters. The Bertz CT molecular complexity index is 770. The number of hydrogen-bond acceptors (Lipinski definition) is 3. The number of likely N-dealkylation sites (tertiary alicyclic amines) is 1. The second-order valence-corrected chi connectivity index (χ2v) is 6.77. The van der Waals surface area contributed by atoms with Crippen molar-refractivity contribution in [3.05, 3.63) is 29.6 Å². The molecule has 28 heavy (non-hydrogen) atoms. The number of halogens is 3. The zero-order valence-corrected chi connectivity index (χ0v) is 16.0. The van der Waals surface area contributed by atoms with Crippen molar-refractivity contribution < 1.29 is 22.8 Å². The van der Waals surface area contributed by atoms with Crippen molar-refractivity contribution in [3.8, 4) is 0 Å². The Hall–Kier alpha value is -2.78. The Morgan fingerprint density at radius 2 is 1.96 bits per heavy atom. The van der Waals surface area contributed by atoms with Crippen LogP contribution in [0.1, 0.15) is 20.3 Å². The summed E-state index contributed by atoms with van der Waals surface area (Å²) < 4.78 is 39.7. The van der Waals surface area contributed by atoms with Crippen LogP contribution in [-0.2, 0) is 9.59 Å². The Morgan fingerprint density at radius 1 is 1.25 bits per heavy atom. The van der Waals surface area contributed by atoms with Crippen molar-refractivity contribution in [3.63, 3.8) is 0 Å². The van der Waals surface area contributed by atoms with Crippen molar-refractivity contribution in [2.45, 2.75) is 26.3 Å². The molecule has 2 rings (SSSR count). The lowest BCUT2D eigenvalue weighted by Crippen LogP contribution is -2.47. The van der Waals surface area contributed by atoms with Crippen LogP contribution in [0.3, 0.4) is 0 Å². The number of nitrogens with zero attached hydrogens (tertiary/aromatic N) is 2. The Labute approximate surface area is 161 Å². The predicted octanol–water partition coefficient (Wildman–Crippen LogP) is 1.46. The van der Waals surface area contributed by atoms with E-state index in [4.69, 9.17) is 0 Å². The molecule has 7 nitrogen and oxygen atoms in total. The number of hydrogen-bond donors (Lipinski definition) is 3. The average molecular weight is 399 g/mol. The van der Waals surface area contributed by atoms with E-state index in [2.05, 4.69) is 20.9 Å². The highest BCUT2D eigenvalue weighted by Gasteiger charge is 2.28. The van der Waals surface area contributed by atoms with E-state index in [0.29, 0.717) is 19.0 Å². The summed E-state index contributed by atoms with van der Waals surface area (Å²) in [7, 11) is 1.52. The van der Waals surface area contributed by atoms with E-state index in [0.717, 1.165) is 18.6 Å². The second kappa shape index (κ2) is 9.43. The van der Waals surface area contributed by atoms with Gasteiger partial charge in [-0.1, -0.05) is 13.8 Å². The molecule has 1 aromatic carbocycles. The summed E-state index contributed by atoms with van der Waals surface area (Å²) in [5.41, 5.74) is -0.452. The SMILES string of the molecule is CN=C(NCC(=O)Nc1ccc(F)c(F)c1F)NC1CCN(C(=O)C(C)C)C1. The lowest BCUT2D eigenvalue weighted by atomic mass is 10.2. The van der Waals surface area contributed by atoms with E-state index in [1.165, 1.54) is 7.05 Å². The topological polar surface area (TPSA) is 85.8 Å². The molecule has 1 fully saturated rings. The summed E-state index contributed by atoms with van der Waals surface area (Å²) in [6.45, 7) is 4.60. The van der Waals surface area contributed by atoms with Gasteiger partial charge in [0.15, 0.2) is 23.4 Å². The minimum atomic E-state index is -1.65. The van der Waals surface area contributed by atoms with E-state index in [-0.39, 0.29) is 24.4 Å². The number of carbonyl (C=O) groups excluding carboxylic acids is 2. The molecule has 10 heteroatoms. The highest BCUT2D eigenvalue weighted by Crippen LogP contribution is 2.19. The van der Waals surface area contributed by atoms with Gasteiger partial charge in [0, 0.05) is 32.1 Å². The molecular formula is C18H24F3N5O2. The van der Waals surface area contributed by atoms with Crippen molar-refractivity contribution in [1.82, 2.24) is 15.5 Å². The second-order valence-electron chi connectivity index (χ2n) is 6.77. The summed E-state index contributed by atoms with van der Waals surface area (Å²) in [6, 6.07) is 1.66. The Balaban J connectivity index is 1.83. The number of benzene rings is 1. The molecule has 1 heterocycles. The van der Waals surface area contributed by atoms with Crippen molar-refractivity contribution >= 4 is 23.5 Å². The highest BCUT2D eigenvalue weighted by atomic mass is 19.2. The molecule has 3 N–H and O–H groups in total. The zero-order valence-electron chi connectivity index (χ0n) is 16.0. The Kier molecular flexibility index (Phi) is 7.24. The van der Waals surface area contributed by atoms with Crippen LogP contribution in [0, 0.1) is 23.4 Å². The van der Waals surface area contributed by atoms with Gasteiger partial charge in [-0.15, -0.1) is 0 Å². The van der Waals surface area contributed by atoms with Crippen LogP contribution in [0.25, 0.3) is 0 Å². The van der Waals surface area contributed by atoms with Gasteiger partial charge in [-0.25, -0.2) is 13.2 Å². The molecule has 0 aromatic heterocycles. The molecule has 0 bridgehead atoms. The van der Waals surface area contributed by atoms with E-state index >= 15 is 0 Å². The third-order valence-electron chi connectivity index (χ3n) is 4.28. The molecule has 1 atom stereocenters. The normalized spacial score (nSPS) is 17.0. The van der Waals surface area contributed by atoms with E-state index in [1.54, 1.807) is 4.90 Å². The quantitative estimate of drug-likeness (QED) is 0.398. The van der Waals surface area contributed by atoms with Gasteiger partial charge in [0.25, 0.3) is 0 Å². The van der Waals surface area contributed by atoms with Crippen LogP contribution < -0.4 is 16.0 Å². The van der Waals surface area contributed by atoms with Gasteiger partial charge < -0.3 is 20.9 Å². The number of carbonyl (C=O) groups is 2. The molecular weight excluding hydrogens is 375 g/mol. The van der Waals surface area contributed by atoms with Crippen LogP contribution in [0.15, 0.2) is 17.1 Å². The van der Waals surface area contributed by atoms with Gasteiger partial charge in [0.2, 0.25) is 11.8 Å². The summed E-state index contributed by atoms with van der Waals surface area (Å²) in [4.78, 5) is 29.7. The monoisotopic (exact) mass is 399 g/mol. The lowest BCUT2D eigenvalue weighted by Gasteiger charge is -2.20. The third kappa shape index (κ3) is 5.37. The maximum Gasteiger partial charge on any atom is 0.243 e. The smallest absolute Gasteiger partial charge is 0.243 e.